The minimum Gasteiger partial charge on any atom is -0.353 e. The smallest absolute Gasteiger partial charge is 0.222 e. The Morgan fingerprint density at radius 2 is 2.07 bits per heavy atom. The fraction of sp³-hybridized carbons (Fsp3) is 0.409. The number of anilines is 1. The quantitative estimate of drug-likeness (QED) is 0.654. The lowest BCUT2D eigenvalue weighted by Gasteiger charge is -2.33. The number of amides is 1. The van der Waals surface area contributed by atoms with Gasteiger partial charge in [-0.25, -0.2) is 4.39 Å². The third-order valence-electron chi connectivity index (χ3n) is 5.48. The van der Waals surface area contributed by atoms with Crippen molar-refractivity contribution < 1.29 is 9.18 Å². The number of benzene rings is 1. The molecule has 2 N–H and O–H groups in total. The van der Waals surface area contributed by atoms with E-state index in [2.05, 4.69) is 25.5 Å². The second-order valence-corrected chi connectivity index (χ2v) is 7.90. The van der Waals surface area contributed by atoms with E-state index in [0.29, 0.717) is 13.0 Å². The van der Waals surface area contributed by atoms with Crippen molar-refractivity contribution in [2.45, 2.75) is 45.7 Å². The number of aryl methyl sites for hydroxylation is 3. The van der Waals surface area contributed by atoms with Crippen molar-refractivity contribution in [1.82, 2.24) is 25.3 Å². The van der Waals surface area contributed by atoms with Crippen LogP contribution in [-0.2, 0) is 11.3 Å². The van der Waals surface area contributed by atoms with Crippen LogP contribution in [0.25, 0.3) is 11.3 Å². The number of halogens is 1. The van der Waals surface area contributed by atoms with Gasteiger partial charge in [0.15, 0.2) is 5.82 Å². The van der Waals surface area contributed by atoms with E-state index in [1.807, 2.05) is 30.7 Å². The lowest BCUT2D eigenvalue weighted by atomic mass is 10.1. The molecule has 1 aliphatic rings. The van der Waals surface area contributed by atoms with E-state index in [1.54, 1.807) is 12.1 Å². The molecule has 2 aromatic heterocycles. The summed E-state index contributed by atoms with van der Waals surface area (Å²) < 4.78 is 15.0. The Bertz CT molecular complexity index is 1010. The van der Waals surface area contributed by atoms with Crippen LogP contribution >= 0.6 is 0 Å². The molecule has 1 saturated heterocycles. The SMILES string of the molecule is Cc1cc(C)n(CCC(=O)N[C@@H]2CCCN(c3cc(-c4ccc(F)cc4)[nH]n3)C2)n1. The Morgan fingerprint density at radius 1 is 1.27 bits per heavy atom. The first-order valence-electron chi connectivity index (χ1n) is 10.3. The lowest BCUT2D eigenvalue weighted by Crippen LogP contribution is -2.48. The first-order valence-corrected chi connectivity index (χ1v) is 10.3. The van der Waals surface area contributed by atoms with E-state index in [1.165, 1.54) is 12.1 Å². The molecule has 7 nitrogen and oxygen atoms in total. The average molecular weight is 410 g/mol. The summed E-state index contributed by atoms with van der Waals surface area (Å²) in [5.74, 6) is 0.630. The van der Waals surface area contributed by atoms with Crippen LogP contribution < -0.4 is 10.2 Å². The van der Waals surface area contributed by atoms with Gasteiger partial charge in [0.25, 0.3) is 0 Å². The van der Waals surface area contributed by atoms with Gasteiger partial charge in [-0.05, 0) is 62.6 Å². The minimum atomic E-state index is -0.258. The highest BCUT2D eigenvalue weighted by molar-refractivity contribution is 5.76. The second kappa shape index (κ2) is 8.69. The zero-order valence-electron chi connectivity index (χ0n) is 17.4. The Hall–Kier alpha value is -3.16. The highest BCUT2D eigenvalue weighted by Gasteiger charge is 2.23. The standard InChI is InChI=1S/C22H27FN6O/c1-15-12-16(2)29(27-15)11-9-22(30)24-19-4-3-10-28(14-19)21-13-20(25-26-21)17-5-7-18(23)8-6-17/h5-8,12-13,19H,3-4,9-11,14H2,1-2H3,(H,24,30)(H,25,26)/t19-/m1/s1. The van der Waals surface area contributed by atoms with Crippen molar-refractivity contribution in [2.24, 2.45) is 0 Å². The predicted octanol–water partition coefficient (Wildman–Crippen LogP) is 3.20. The number of carbonyl (C=O) groups excluding carboxylic acids is 1. The summed E-state index contributed by atoms with van der Waals surface area (Å²) in [7, 11) is 0. The topological polar surface area (TPSA) is 78.8 Å². The number of hydrogen-bond acceptors (Lipinski definition) is 4. The predicted molar refractivity (Wildman–Crippen MR) is 114 cm³/mol. The monoisotopic (exact) mass is 410 g/mol. The molecule has 8 heteroatoms. The van der Waals surface area contributed by atoms with E-state index in [0.717, 1.165) is 54.4 Å². The normalized spacial score (nSPS) is 16.6. The molecule has 0 radical (unpaired) electrons. The number of nitrogens with one attached hydrogen (secondary N) is 2. The third-order valence-corrected chi connectivity index (χ3v) is 5.48. The molecule has 1 aliphatic heterocycles. The molecule has 1 aromatic carbocycles. The first kappa shape index (κ1) is 20.1. The molecule has 1 fully saturated rings. The highest BCUT2D eigenvalue weighted by Crippen LogP contribution is 2.24. The van der Waals surface area contributed by atoms with E-state index in [9.17, 15) is 9.18 Å². The number of carbonyl (C=O) groups is 1. The molecule has 0 spiro atoms. The first-order chi connectivity index (χ1) is 14.5. The fourth-order valence-electron chi connectivity index (χ4n) is 3.96. The summed E-state index contributed by atoms with van der Waals surface area (Å²) in [4.78, 5) is 14.6. The summed E-state index contributed by atoms with van der Waals surface area (Å²) >= 11 is 0. The van der Waals surface area contributed by atoms with Crippen LogP contribution in [0.2, 0.25) is 0 Å². The number of aromatic nitrogens is 4. The van der Waals surface area contributed by atoms with Crippen LogP contribution in [0.15, 0.2) is 36.4 Å². The Labute approximate surface area is 175 Å². The molecular weight excluding hydrogens is 383 g/mol. The molecule has 0 saturated carbocycles. The number of rotatable bonds is 6. The largest absolute Gasteiger partial charge is 0.353 e. The van der Waals surface area contributed by atoms with Gasteiger partial charge in [0.05, 0.1) is 11.4 Å². The van der Waals surface area contributed by atoms with Gasteiger partial charge >= 0.3 is 0 Å². The van der Waals surface area contributed by atoms with Crippen molar-refractivity contribution in [3.63, 3.8) is 0 Å². The maximum Gasteiger partial charge on any atom is 0.222 e. The third kappa shape index (κ3) is 4.69. The number of hydrogen-bond donors (Lipinski definition) is 2. The molecular formula is C22H27FN6O. The molecule has 1 atom stereocenters. The summed E-state index contributed by atoms with van der Waals surface area (Å²) in [5.41, 5.74) is 3.77. The van der Waals surface area contributed by atoms with Gasteiger partial charge in [0.1, 0.15) is 5.82 Å². The summed E-state index contributed by atoms with van der Waals surface area (Å²) in [6, 6.07) is 10.4. The molecule has 4 rings (SSSR count). The number of piperidine rings is 1. The number of H-pyrrole nitrogens is 1. The molecule has 0 bridgehead atoms. The lowest BCUT2D eigenvalue weighted by molar-refractivity contribution is -0.122. The van der Waals surface area contributed by atoms with Gasteiger partial charge in [-0.2, -0.15) is 10.2 Å². The van der Waals surface area contributed by atoms with Crippen molar-refractivity contribution in [3.8, 4) is 11.3 Å². The van der Waals surface area contributed by atoms with Gasteiger partial charge in [-0.3, -0.25) is 14.6 Å². The zero-order valence-corrected chi connectivity index (χ0v) is 17.4. The van der Waals surface area contributed by atoms with Gasteiger partial charge in [-0.1, -0.05) is 0 Å². The molecule has 3 heterocycles. The second-order valence-electron chi connectivity index (χ2n) is 7.90. The molecule has 30 heavy (non-hydrogen) atoms. The summed E-state index contributed by atoms with van der Waals surface area (Å²) in [6.07, 6.45) is 2.36. The van der Waals surface area contributed by atoms with Crippen molar-refractivity contribution >= 4 is 11.7 Å². The molecule has 0 aliphatic carbocycles. The van der Waals surface area contributed by atoms with Gasteiger partial charge in [0, 0.05) is 43.9 Å². The van der Waals surface area contributed by atoms with Gasteiger partial charge in [0.2, 0.25) is 5.91 Å². The van der Waals surface area contributed by atoms with Crippen LogP contribution in [0.3, 0.4) is 0 Å². The molecule has 158 valence electrons. The van der Waals surface area contributed by atoms with Crippen LogP contribution in [-0.4, -0.2) is 45.0 Å². The maximum absolute atomic E-state index is 13.1. The molecule has 0 unspecified atom stereocenters. The highest BCUT2D eigenvalue weighted by atomic mass is 19.1. The number of nitrogens with zero attached hydrogens (tertiary/aromatic N) is 4. The Kier molecular flexibility index (Phi) is 5.83. The minimum absolute atomic E-state index is 0.0448. The van der Waals surface area contributed by atoms with E-state index < -0.39 is 0 Å². The van der Waals surface area contributed by atoms with Crippen molar-refractivity contribution in [2.75, 3.05) is 18.0 Å². The Morgan fingerprint density at radius 3 is 2.80 bits per heavy atom. The average Bonchev–Trinajstić information content (AvgIpc) is 3.34. The van der Waals surface area contributed by atoms with E-state index in [-0.39, 0.29) is 17.8 Å². The van der Waals surface area contributed by atoms with Crippen LogP contribution in [0, 0.1) is 19.7 Å². The number of aromatic amines is 1. The van der Waals surface area contributed by atoms with Crippen molar-refractivity contribution in [3.05, 3.63) is 53.6 Å². The van der Waals surface area contributed by atoms with Gasteiger partial charge in [-0.15, -0.1) is 0 Å². The Balaban J connectivity index is 1.32. The van der Waals surface area contributed by atoms with Crippen LogP contribution in [0.5, 0.6) is 0 Å². The van der Waals surface area contributed by atoms with E-state index >= 15 is 0 Å². The van der Waals surface area contributed by atoms with Crippen molar-refractivity contribution in [1.29, 1.82) is 0 Å². The van der Waals surface area contributed by atoms with Crippen LogP contribution in [0.1, 0.15) is 30.7 Å². The van der Waals surface area contributed by atoms with E-state index in [4.69, 9.17) is 0 Å². The maximum atomic E-state index is 13.1. The summed E-state index contributed by atoms with van der Waals surface area (Å²) in [5, 5.41) is 15.0. The molecule has 3 aromatic rings. The van der Waals surface area contributed by atoms with Gasteiger partial charge < -0.3 is 10.2 Å². The molecule has 1 amide bonds. The zero-order chi connectivity index (χ0) is 21.1. The summed E-state index contributed by atoms with van der Waals surface area (Å²) in [6.45, 7) is 6.16. The van der Waals surface area contributed by atoms with Crippen LogP contribution in [0.4, 0.5) is 10.2 Å². The fourth-order valence-corrected chi connectivity index (χ4v) is 3.96.